The van der Waals surface area contributed by atoms with Crippen LogP contribution in [-0.2, 0) is 9.53 Å². The Hall–Kier alpha value is -0.830. The molecule has 0 amide bonds. The van der Waals surface area contributed by atoms with E-state index in [4.69, 9.17) is 10.5 Å². The predicted octanol–water partition coefficient (Wildman–Crippen LogP) is 1.87. The highest BCUT2D eigenvalue weighted by atomic mass is 16.5. The molecule has 3 nitrogen and oxygen atoms in total. The average Bonchev–Trinajstić information content (AvgIpc) is 2.00. The van der Waals surface area contributed by atoms with Crippen molar-refractivity contribution in [2.24, 2.45) is 11.7 Å². The highest BCUT2D eigenvalue weighted by molar-refractivity contribution is 5.87. The smallest absolute Gasteiger partial charge is 0.333 e. The molecule has 82 valence electrons. The molecule has 2 unspecified atom stereocenters. The highest BCUT2D eigenvalue weighted by Crippen LogP contribution is 2.19. The minimum Gasteiger partial charge on any atom is -0.459 e. The van der Waals surface area contributed by atoms with Gasteiger partial charge in [0.25, 0.3) is 0 Å². The summed E-state index contributed by atoms with van der Waals surface area (Å²) in [5.41, 5.74) is 5.98. The number of hydrogen-bond acceptors (Lipinski definition) is 3. The molecule has 0 spiro atoms. The van der Waals surface area contributed by atoms with E-state index in [9.17, 15) is 4.79 Å². The van der Waals surface area contributed by atoms with E-state index >= 15 is 0 Å². The molecule has 0 aromatic heterocycles. The molecule has 0 saturated heterocycles. The van der Waals surface area contributed by atoms with Gasteiger partial charge >= 0.3 is 5.97 Å². The fourth-order valence-electron chi connectivity index (χ4n) is 0.976. The summed E-state index contributed by atoms with van der Waals surface area (Å²) in [6, 6.07) is 0. The zero-order valence-corrected chi connectivity index (χ0v) is 9.76. The normalized spacial score (nSPS) is 15.9. The molecule has 0 aliphatic heterocycles. The standard InChI is InChI=1S/C11H21NO2/c1-7(2)10(13)14-9(4)8(3)11(5,6)12/h8-9H,1,12H2,2-6H3. The van der Waals surface area contributed by atoms with Crippen LogP contribution in [0.5, 0.6) is 0 Å². The molecule has 2 N–H and O–H groups in total. The lowest BCUT2D eigenvalue weighted by Gasteiger charge is -2.31. The number of esters is 1. The molecule has 0 aromatic rings. The Morgan fingerprint density at radius 3 is 2.14 bits per heavy atom. The molecule has 0 aromatic carbocycles. The van der Waals surface area contributed by atoms with Crippen molar-refractivity contribution >= 4 is 5.97 Å². The molecule has 3 heteroatoms. The van der Waals surface area contributed by atoms with E-state index in [1.54, 1.807) is 6.92 Å². The molecule has 14 heavy (non-hydrogen) atoms. The topological polar surface area (TPSA) is 52.3 Å². The summed E-state index contributed by atoms with van der Waals surface area (Å²) in [5.74, 6) is -0.251. The van der Waals surface area contributed by atoms with Crippen LogP contribution in [0.15, 0.2) is 12.2 Å². The number of rotatable bonds is 4. The molecule has 0 aliphatic carbocycles. The van der Waals surface area contributed by atoms with E-state index in [-0.39, 0.29) is 23.5 Å². The fraction of sp³-hybridized carbons (Fsp3) is 0.727. The summed E-state index contributed by atoms with van der Waals surface area (Å²) in [7, 11) is 0. The van der Waals surface area contributed by atoms with Crippen molar-refractivity contribution in [3.05, 3.63) is 12.2 Å². The zero-order valence-electron chi connectivity index (χ0n) is 9.76. The number of hydrogen-bond donors (Lipinski definition) is 1. The fourth-order valence-corrected chi connectivity index (χ4v) is 0.976. The Balaban J connectivity index is 4.29. The molecular formula is C11H21NO2. The quantitative estimate of drug-likeness (QED) is 0.555. The first-order chi connectivity index (χ1) is 6.16. The Labute approximate surface area is 86.3 Å². The third kappa shape index (κ3) is 3.92. The van der Waals surface area contributed by atoms with Gasteiger partial charge in [-0.3, -0.25) is 0 Å². The second-order valence-corrected chi connectivity index (χ2v) is 4.50. The van der Waals surface area contributed by atoms with Crippen molar-refractivity contribution in [2.75, 3.05) is 0 Å². The van der Waals surface area contributed by atoms with Crippen LogP contribution < -0.4 is 5.73 Å². The Morgan fingerprint density at radius 1 is 1.43 bits per heavy atom. The van der Waals surface area contributed by atoms with E-state index in [0.717, 1.165) is 0 Å². The van der Waals surface area contributed by atoms with Gasteiger partial charge in [-0.2, -0.15) is 0 Å². The summed E-state index contributed by atoms with van der Waals surface area (Å²) in [6.07, 6.45) is -0.195. The van der Waals surface area contributed by atoms with Crippen LogP contribution in [0.4, 0.5) is 0 Å². The Kier molecular flexibility index (Phi) is 4.33. The van der Waals surface area contributed by atoms with Gasteiger partial charge in [0.2, 0.25) is 0 Å². The second-order valence-electron chi connectivity index (χ2n) is 4.50. The maximum absolute atomic E-state index is 11.2. The first-order valence-corrected chi connectivity index (χ1v) is 4.81. The average molecular weight is 199 g/mol. The van der Waals surface area contributed by atoms with Crippen LogP contribution in [0.2, 0.25) is 0 Å². The lowest BCUT2D eigenvalue weighted by molar-refractivity contribution is -0.146. The Bertz CT molecular complexity index is 228. The van der Waals surface area contributed by atoms with E-state index in [1.165, 1.54) is 0 Å². The summed E-state index contributed by atoms with van der Waals surface area (Å²) < 4.78 is 5.18. The monoisotopic (exact) mass is 199 g/mol. The zero-order chi connectivity index (χ0) is 11.5. The first kappa shape index (κ1) is 13.2. The van der Waals surface area contributed by atoms with Gasteiger partial charge in [0, 0.05) is 17.0 Å². The molecule has 2 atom stereocenters. The SMILES string of the molecule is C=C(C)C(=O)OC(C)C(C)C(C)(C)N. The van der Waals surface area contributed by atoms with E-state index < -0.39 is 0 Å². The molecule has 0 rings (SSSR count). The van der Waals surface area contributed by atoms with E-state index in [2.05, 4.69) is 6.58 Å². The Morgan fingerprint density at radius 2 is 1.86 bits per heavy atom. The van der Waals surface area contributed by atoms with Crippen molar-refractivity contribution in [3.8, 4) is 0 Å². The number of carbonyl (C=O) groups excluding carboxylic acids is 1. The molecule has 0 aliphatic rings. The van der Waals surface area contributed by atoms with Crippen LogP contribution >= 0.6 is 0 Å². The lowest BCUT2D eigenvalue weighted by Crippen LogP contribution is -2.45. The predicted molar refractivity (Wildman–Crippen MR) is 57.8 cm³/mol. The van der Waals surface area contributed by atoms with E-state index in [1.807, 2.05) is 27.7 Å². The summed E-state index contributed by atoms with van der Waals surface area (Å²) in [6.45, 7) is 12.8. The number of carbonyl (C=O) groups is 1. The van der Waals surface area contributed by atoms with Gasteiger partial charge in [-0.1, -0.05) is 13.5 Å². The number of ether oxygens (including phenoxy) is 1. The second kappa shape index (κ2) is 4.60. The first-order valence-electron chi connectivity index (χ1n) is 4.81. The van der Waals surface area contributed by atoms with Crippen LogP contribution in [-0.4, -0.2) is 17.6 Å². The minimum absolute atomic E-state index is 0.103. The maximum atomic E-state index is 11.2. The van der Waals surface area contributed by atoms with Crippen LogP contribution in [0.1, 0.15) is 34.6 Å². The van der Waals surface area contributed by atoms with Crippen LogP contribution in [0.3, 0.4) is 0 Å². The highest BCUT2D eigenvalue weighted by Gasteiger charge is 2.28. The molecular weight excluding hydrogens is 178 g/mol. The van der Waals surface area contributed by atoms with Crippen molar-refractivity contribution in [1.82, 2.24) is 0 Å². The third-order valence-corrected chi connectivity index (χ3v) is 2.52. The number of nitrogens with two attached hydrogens (primary N) is 1. The molecule has 0 saturated carbocycles. The summed E-state index contributed by atoms with van der Waals surface area (Å²) in [5, 5.41) is 0. The summed E-state index contributed by atoms with van der Waals surface area (Å²) in [4.78, 5) is 11.2. The van der Waals surface area contributed by atoms with Gasteiger partial charge in [0.05, 0.1) is 0 Å². The third-order valence-electron chi connectivity index (χ3n) is 2.52. The van der Waals surface area contributed by atoms with Crippen molar-refractivity contribution < 1.29 is 9.53 Å². The van der Waals surface area contributed by atoms with E-state index in [0.29, 0.717) is 5.57 Å². The van der Waals surface area contributed by atoms with Crippen molar-refractivity contribution in [2.45, 2.75) is 46.3 Å². The van der Waals surface area contributed by atoms with Gasteiger partial charge in [0.15, 0.2) is 0 Å². The summed E-state index contributed by atoms with van der Waals surface area (Å²) >= 11 is 0. The van der Waals surface area contributed by atoms with Crippen molar-refractivity contribution in [3.63, 3.8) is 0 Å². The van der Waals surface area contributed by atoms with Gasteiger partial charge < -0.3 is 10.5 Å². The molecule has 0 heterocycles. The van der Waals surface area contributed by atoms with Gasteiger partial charge in [-0.15, -0.1) is 0 Å². The van der Waals surface area contributed by atoms with Crippen LogP contribution in [0, 0.1) is 5.92 Å². The van der Waals surface area contributed by atoms with Gasteiger partial charge in [0.1, 0.15) is 6.10 Å². The lowest BCUT2D eigenvalue weighted by atomic mass is 9.86. The van der Waals surface area contributed by atoms with Gasteiger partial charge in [-0.25, -0.2) is 4.79 Å². The largest absolute Gasteiger partial charge is 0.459 e. The molecule has 0 fully saturated rings. The minimum atomic E-state index is -0.353. The van der Waals surface area contributed by atoms with Gasteiger partial charge in [-0.05, 0) is 27.7 Å². The molecule has 0 radical (unpaired) electrons. The van der Waals surface area contributed by atoms with Crippen molar-refractivity contribution in [1.29, 1.82) is 0 Å². The van der Waals surface area contributed by atoms with Crippen LogP contribution in [0.25, 0.3) is 0 Å². The molecule has 0 bridgehead atoms. The maximum Gasteiger partial charge on any atom is 0.333 e.